The number of ether oxygens (including phenoxy) is 1. The van der Waals surface area contributed by atoms with Crippen LogP contribution in [0.2, 0.25) is 0 Å². The molecule has 0 saturated carbocycles. The van der Waals surface area contributed by atoms with E-state index < -0.39 is 0 Å². The van der Waals surface area contributed by atoms with Crippen molar-refractivity contribution >= 4 is 5.91 Å². The van der Waals surface area contributed by atoms with Crippen molar-refractivity contribution in [2.24, 2.45) is 11.7 Å². The van der Waals surface area contributed by atoms with Gasteiger partial charge in [0.15, 0.2) is 0 Å². The first kappa shape index (κ1) is 12.5. The van der Waals surface area contributed by atoms with Crippen LogP contribution in [0.4, 0.5) is 0 Å². The largest absolute Gasteiger partial charge is 0.381 e. The summed E-state index contributed by atoms with van der Waals surface area (Å²) in [7, 11) is 0. The van der Waals surface area contributed by atoms with Crippen molar-refractivity contribution in [2.75, 3.05) is 13.2 Å². The Morgan fingerprint density at radius 3 is 2.87 bits per heavy atom. The average Bonchev–Trinajstić information content (AvgIpc) is 2.17. The number of nitrogens with one attached hydrogen (secondary N) is 1. The Kier molecular flexibility index (Phi) is 5.05. The van der Waals surface area contributed by atoms with Crippen LogP contribution < -0.4 is 11.1 Å². The summed E-state index contributed by atoms with van der Waals surface area (Å²) in [6.45, 7) is 5.30. The minimum Gasteiger partial charge on any atom is -0.381 e. The Morgan fingerprint density at radius 1 is 1.60 bits per heavy atom. The van der Waals surface area contributed by atoms with Gasteiger partial charge < -0.3 is 15.8 Å². The van der Waals surface area contributed by atoms with Gasteiger partial charge in [0.05, 0.1) is 12.5 Å². The first-order chi connectivity index (χ1) is 7.09. The molecular weight excluding hydrogens is 192 g/mol. The van der Waals surface area contributed by atoms with Gasteiger partial charge in [0.25, 0.3) is 0 Å². The normalized spacial score (nSPS) is 25.7. The first-order valence-electron chi connectivity index (χ1n) is 5.73. The molecule has 0 aromatic rings. The molecule has 1 aliphatic rings. The SMILES string of the molecule is CC(N)CC(C)NC(=O)C1CCCOC1. The van der Waals surface area contributed by atoms with Crippen molar-refractivity contribution in [3.63, 3.8) is 0 Å². The van der Waals surface area contributed by atoms with E-state index in [-0.39, 0.29) is 23.9 Å². The smallest absolute Gasteiger partial charge is 0.225 e. The van der Waals surface area contributed by atoms with Crippen molar-refractivity contribution in [1.29, 1.82) is 0 Å². The number of nitrogens with two attached hydrogens (primary N) is 1. The van der Waals surface area contributed by atoms with Crippen LogP contribution in [0, 0.1) is 5.92 Å². The number of amides is 1. The van der Waals surface area contributed by atoms with E-state index in [1.54, 1.807) is 0 Å². The maximum Gasteiger partial charge on any atom is 0.225 e. The van der Waals surface area contributed by atoms with Crippen LogP contribution in [0.15, 0.2) is 0 Å². The molecule has 4 nitrogen and oxygen atoms in total. The molecule has 0 radical (unpaired) electrons. The summed E-state index contributed by atoms with van der Waals surface area (Å²) in [5.41, 5.74) is 5.67. The third-order valence-electron chi connectivity index (χ3n) is 2.65. The highest BCUT2D eigenvalue weighted by Gasteiger charge is 2.22. The molecule has 1 aliphatic heterocycles. The molecule has 4 heteroatoms. The second-order valence-electron chi connectivity index (χ2n) is 4.54. The summed E-state index contributed by atoms with van der Waals surface area (Å²) in [4.78, 5) is 11.8. The van der Waals surface area contributed by atoms with Crippen LogP contribution in [0.3, 0.4) is 0 Å². The first-order valence-corrected chi connectivity index (χ1v) is 5.73. The van der Waals surface area contributed by atoms with Gasteiger partial charge >= 0.3 is 0 Å². The molecule has 1 saturated heterocycles. The Balaban J connectivity index is 2.27. The fourth-order valence-corrected chi connectivity index (χ4v) is 1.92. The van der Waals surface area contributed by atoms with Crippen molar-refractivity contribution in [3.05, 3.63) is 0 Å². The van der Waals surface area contributed by atoms with E-state index in [4.69, 9.17) is 10.5 Å². The van der Waals surface area contributed by atoms with Crippen LogP contribution in [-0.2, 0) is 9.53 Å². The molecule has 1 fully saturated rings. The molecular formula is C11H22N2O2. The number of hydrogen-bond donors (Lipinski definition) is 2. The quantitative estimate of drug-likeness (QED) is 0.722. The van der Waals surface area contributed by atoms with Gasteiger partial charge in [-0.3, -0.25) is 4.79 Å². The van der Waals surface area contributed by atoms with Crippen molar-refractivity contribution in [1.82, 2.24) is 5.32 Å². The highest BCUT2D eigenvalue weighted by atomic mass is 16.5. The molecule has 88 valence electrons. The average molecular weight is 214 g/mol. The zero-order chi connectivity index (χ0) is 11.3. The van der Waals surface area contributed by atoms with E-state index in [2.05, 4.69) is 5.32 Å². The van der Waals surface area contributed by atoms with E-state index in [1.807, 2.05) is 13.8 Å². The van der Waals surface area contributed by atoms with Gasteiger partial charge in [-0.2, -0.15) is 0 Å². The van der Waals surface area contributed by atoms with Gasteiger partial charge in [0.1, 0.15) is 0 Å². The highest BCUT2D eigenvalue weighted by Crippen LogP contribution is 2.13. The fraction of sp³-hybridized carbons (Fsp3) is 0.909. The molecule has 3 unspecified atom stereocenters. The van der Waals surface area contributed by atoms with E-state index >= 15 is 0 Å². The number of carbonyl (C=O) groups is 1. The molecule has 0 aromatic carbocycles. The Hall–Kier alpha value is -0.610. The molecule has 0 aliphatic carbocycles. The maximum atomic E-state index is 11.8. The monoisotopic (exact) mass is 214 g/mol. The summed E-state index contributed by atoms with van der Waals surface area (Å²) in [5, 5.41) is 2.98. The summed E-state index contributed by atoms with van der Waals surface area (Å²) >= 11 is 0. The lowest BCUT2D eigenvalue weighted by Crippen LogP contribution is -2.42. The summed E-state index contributed by atoms with van der Waals surface area (Å²) in [6.07, 6.45) is 2.75. The molecule has 0 bridgehead atoms. The molecule has 1 rings (SSSR count). The fourth-order valence-electron chi connectivity index (χ4n) is 1.92. The maximum absolute atomic E-state index is 11.8. The van der Waals surface area contributed by atoms with Crippen molar-refractivity contribution in [2.45, 2.75) is 45.2 Å². The summed E-state index contributed by atoms with van der Waals surface area (Å²) in [6, 6.07) is 0.280. The summed E-state index contributed by atoms with van der Waals surface area (Å²) < 4.78 is 5.28. The Labute approximate surface area is 91.5 Å². The van der Waals surface area contributed by atoms with Crippen LogP contribution in [-0.4, -0.2) is 31.2 Å². The molecule has 1 amide bonds. The van der Waals surface area contributed by atoms with Gasteiger partial charge in [-0.05, 0) is 33.1 Å². The standard InChI is InChI=1S/C11H22N2O2/c1-8(12)6-9(2)13-11(14)10-4-3-5-15-7-10/h8-10H,3-7,12H2,1-2H3,(H,13,14). The zero-order valence-corrected chi connectivity index (χ0v) is 9.66. The lowest BCUT2D eigenvalue weighted by atomic mass is 10.0. The van der Waals surface area contributed by atoms with Gasteiger partial charge in [-0.15, -0.1) is 0 Å². The second-order valence-corrected chi connectivity index (χ2v) is 4.54. The molecule has 3 atom stereocenters. The molecule has 15 heavy (non-hydrogen) atoms. The van der Waals surface area contributed by atoms with Crippen LogP contribution in [0.5, 0.6) is 0 Å². The van der Waals surface area contributed by atoms with Crippen LogP contribution in [0.1, 0.15) is 33.1 Å². The van der Waals surface area contributed by atoms with Gasteiger partial charge in [0.2, 0.25) is 5.91 Å². The minimum absolute atomic E-state index is 0.0364. The third-order valence-corrected chi connectivity index (χ3v) is 2.65. The second kappa shape index (κ2) is 6.08. The van der Waals surface area contributed by atoms with E-state index in [1.165, 1.54) is 0 Å². The minimum atomic E-state index is 0.0364. The predicted octanol–water partition coefficient (Wildman–Crippen LogP) is 0.655. The number of hydrogen-bond acceptors (Lipinski definition) is 3. The predicted molar refractivity (Wildman–Crippen MR) is 59.4 cm³/mol. The van der Waals surface area contributed by atoms with Crippen LogP contribution >= 0.6 is 0 Å². The molecule has 0 aromatic heterocycles. The highest BCUT2D eigenvalue weighted by molar-refractivity contribution is 5.79. The van der Waals surface area contributed by atoms with Gasteiger partial charge in [-0.25, -0.2) is 0 Å². The van der Waals surface area contributed by atoms with Crippen molar-refractivity contribution < 1.29 is 9.53 Å². The Bertz CT molecular complexity index is 201. The molecule has 0 spiro atoms. The number of carbonyl (C=O) groups excluding carboxylic acids is 1. The molecule has 1 heterocycles. The summed E-state index contributed by atoms with van der Waals surface area (Å²) in [5.74, 6) is 0.150. The van der Waals surface area contributed by atoms with Crippen molar-refractivity contribution in [3.8, 4) is 0 Å². The van der Waals surface area contributed by atoms with Gasteiger partial charge in [-0.1, -0.05) is 0 Å². The lowest BCUT2D eigenvalue weighted by Gasteiger charge is -2.24. The Morgan fingerprint density at radius 2 is 2.33 bits per heavy atom. The van der Waals surface area contributed by atoms with E-state index in [9.17, 15) is 4.79 Å². The van der Waals surface area contributed by atoms with E-state index in [0.29, 0.717) is 6.61 Å². The third kappa shape index (κ3) is 4.62. The van der Waals surface area contributed by atoms with E-state index in [0.717, 1.165) is 25.9 Å². The molecule has 3 N–H and O–H groups in total. The zero-order valence-electron chi connectivity index (χ0n) is 9.66. The van der Waals surface area contributed by atoms with Crippen LogP contribution in [0.25, 0.3) is 0 Å². The topological polar surface area (TPSA) is 64.3 Å². The lowest BCUT2D eigenvalue weighted by molar-refractivity contribution is -0.129. The number of rotatable bonds is 4. The van der Waals surface area contributed by atoms with Gasteiger partial charge in [0, 0.05) is 18.7 Å².